The van der Waals surface area contributed by atoms with Crippen LogP contribution in [0.4, 0.5) is 5.69 Å². The lowest BCUT2D eigenvalue weighted by atomic mass is 10.0. The van der Waals surface area contributed by atoms with Crippen LogP contribution in [0.15, 0.2) is 42.5 Å². The van der Waals surface area contributed by atoms with Gasteiger partial charge in [-0.05, 0) is 68.0 Å². The first-order valence-electron chi connectivity index (χ1n) is 8.02. The molecule has 0 aliphatic rings. The van der Waals surface area contributed by atoms with Gasteiger partial charge in [-0.3, -0.25) is 0 Å². The molecule has 1 heteroatoms. The summed E-state index contributed by atoms with van der Waals surface area (Å²) in [7, 11) is 0. The van der Waals surface area contributed by atoms with Crippen molar-refractivity contribution in [3.05, 3.63) is 64.7 Å². The lowest BCUT2D eigenvalue weighted by Gasteiger charge is -2.17. The van der Waals surface area contributed by atoms with E-state index in [1.807, 2.05) is 0 Å². The van der Waals surface area contributed by atoms with E-state index in [0.717, 1.165) is 0 Å². The molecule has 0 heterocycles. The van der Waals surface area contributed by atoms with Gasteiger partial charge in [-0.2, -0.15) is 0 Å². The number of nitrogens with one attached hydrogen (secondary N) is 1. The Labute approximate surface area is 129 Å². The van der Waals surface area contributed by atoms with Crippen molar-refractivity contribution in [2.24, 2.45) is 0 Å². The SMILES string of the molecule is CCCCc1ccc(C(C)Nc2cc(C)cc(C)c2)cc1. The third-order valence-corrected chi connectivity index (χ3v) is 3.90. The second-order valence-electron chi connectivity index (χ2n) is 6.09. The van der Waals surface area contributed by atoms with Gasteiger partial charge in [0, 0.05) is 11.7 Å². The zero-order valence-electron chi connectivity index (χ0n) is 13.7. The Morgan fingerprint density at radius 2 is 1.57 bits per heavy atom. The summed E-state index contributed by atoms with van der Waals surface area (Å²) in [6, 6.07) is 16.0. The fourth-order valence-electron chi connectivity index (χ4n) is 2.75. The van der Waals surface area contributed by atoms with E-state index in [2.05, 4.69) is 75.5 Å². The molecule has 0 fully saturated rings. The monoisotopic (exact) mass is 281 g/mol. The molecule has 0 saturated carbocycles. The Morgan fingerprint density at radius 1 is 0.952 bits per heavy atom. The lowest BCUT2D eigenvalue weighted by Crippen LogP contribution is -2.07. The first kappa shape index (κ1) is 15.6. The largest absolute Gasteiger partial charge is 0.379 e. The molecular formula is C20H27N. The summed E-state index contributed by atoms with van der Waals surface area (Å²) >= 11 is 0. The molecule has 112 valence electrons. The minimum atomic E-state index is 0.325. The molecule has 1 N–H and O–H groups in total. The van der Waals surface area contributed by atoms with Crippen LogP contribution in [0.3, 0.4) is 0 Å². The molecule has 0 aliphatic heterocycles. The Balaban J connectivity index is 2.04. The summed E-state index contributed by atoms with van der Waals surface area (Å²) in [4.78, 5) is 0. The maximum atomic E-state index is 3.60. The first-order chi connectivity index (χ1) is 10.1. The highest BCUT2D eigenvalue weighted by Crippen LogP contribution is 2.22. The molecule has 0 aromatic heterocycles. The molecule has 2 aromatic rings. The molecule has 0 spiro atoms. The Morgan fingerprint density at radius 3 is 2.14 bits per heavy atom. The second kappa shape index (κ2) is 7.31. The summed E-state index contributed by atoms with van der Waals surface area (Å²) in [5.41, 5.74) is 6.60. The fraction of sp³-hybridized carbons (Fsp3) is 0.400. The highest BCUT2D eigenvalue weighted by molar-refractivity contribution is 5.50. The average Bonchev–Trinajstić information content (AvgIpc) is 2.44. The number of aryl methyl sites for hydroxylation is 3. The van der Waals surface area contributed by atoms with Crippen molar-refractivity contribution in [2.75, 3.05) is 5.32 Å². The lowest BCUT2D eigenvalue weighted by molar-refractivity contribution is 0.793. The van der Waals surface area contributed by atoms with Gasteiger partial charge in [-0.1, -0.05) is 43.7 Å². The molecule has 21 heavy (non-hydrogen) atoms. The molecule has 1 nitrogen and oxygen atoms in total. The molecule has 2 rings (SSSR count). The molecule has 2 aromatic carbocycles. The van der Waals surface area contributed by atoms with Crippen LogP contribution < -0.4 is 5.32 Å². The molecule has 0 amide bonds. The van der Waals surface area contributed by atoms with Gasteiger partial charge in [0.25, 0.3) is 0 Å². The molecular weight excluding hydrogens is 254 g/mol. The van der Waals surface area contributed by atoms with Gasteiger partial charge in [-0.25, -0.2) is 0 Å². The number of unbranched alkanes of at least 4 members (excludes halogenated alkanes) is 1. The Hall–Kier alpha value is -1.76. The van der Waals surface area contributed by atoms with Gasteiger partial charge in [0.05, 0.1) is 0 Å². The number of rotatable bonds is 6. The molecule has 1 unspecified atom stereocenters. The smallest absolute Gasteiger partial charge is 0.0485 e. The topological polar surface area (TPSA) is 12.0 Å². The van der Waals surface area contributed by atoms with E-state index >= 15 is 0 Å². The first-order valence-corrected chi connectivity index (χ1v) is 8.02. The van der Waals surface area contributed by atoms with Crippen molar-refractivity contribution in [1.29, 1.82) is 0 Å². The summed E-state index contributed by atoms with van der Waals surface area (Å²) in [6.45, 7) is 8.75. The van der Waals surface area contributed by atoms with Crippen molar-refractivity contribution in [3.63, 3.8) is 0 Å². The molecule has 0 bridgehead atoms. The normalized spacial score (nSPS) is 12.2. The van der Waals surface area contributed by atoms with Gasteiger partial charge in [-0.15, -0.1) is 0 Å². The van der Waals surface area contributed by atoms with E-state index in [-0.39, 0.29) is 0 Å². The van der Waals surface area contributed by atoms with E-state index in [1.54, 1.807) is 0 Å². The Bertz CT molecular complexity index is 549. The zero-order valence-corrected chi connectivity index (χ0v) is 13.7. The molecule has 0 aliphatic carbocycles. The van der Waals surface area contributed by atoms with Crippen LogP contribution in [0.5, 0.6) is 0 Å². The molecule has 0 radical (unpaired) electrons. The quantitative estimate of drug-likeness (QED) is 0.703. The summed E-state index contributed by atoms with van der Waals surface area (Å²) in [5.74, 6) is 0. The van der Waals surface area contributed by atoms with Crippen molar-refractivity contribution >= 4 is 5.69 Å². The van der Waals surface area contributed by atoms with Gasteiger partial charge in [0.1, 0.15) is 0 Å². The third kappa shape index (κ3) is 4.63. The number of anilines is 1. The Kier molecular flexibility index (Phi) is 5.44. The van der Waals surface area contributed by atoms with Crippen LogP contribution in [-0.4, -0.2) is 0 Å². The summed E-state index contributed by atoms with van der Waals surface area (Å²) < 4.78 is 0. The van der Waals surface area contributed by atoms with Crippen molar-refractivity contribution in [3.8, 4) is 0 Å². The van der Waals surface area contributed by atoms with Crippen LogP contribution >= 0.6 is 0 Å². The maximum Gasteiger partial charge on any atom is 0.0485 e. The van der Waals surface area contributed by atoms with E-state index in [9.17, 15) is 0 Å². The highest BCUT2D eigenvalue weighted by Gasteiger charge is 2.06. The van der Waals surface area contributed by atoms with Gasteiger partial charge >= 0.3 is 0 Å². The number of hydrogen-bond acceptors (Lipinski definition) is 1. The predicted octanol–water partition coefficient (Wildman–Crippen LogP) is 5.82. The zero-order chi connectivity index (χ0) is 15.2. The van der Waals surface area contributed by atoms with E-state index in [4.69, 9.17) is 0 Å². The van der Waals surface area contributed by atoms with Crippen molar-refractivity contribution in [1.82, 2.24) is 0 Å². The number of benzene rings is 2. The minimum absolute atomic E-state index is 0.325. The van der Waals surface area contributed by atoms with Crippen LogP contribution in [0.2, 0.25) is 0 Å². The van der Waals surface area contributed by atoms with Crippen molar-refractivity contribution in [2.45, 2.75) is 53.0 Å². The number of hydrogen-bond donors (Lipinski definition) is 1. The van der Waals surface area contributed by atoms with Gasteiger partial charge in [0.15, 0.2) is 0 Å². The fourth-order valence-corrected chi connectivity index (χ4v) is 2.75. The summed E-state index contributed by atoms with van der Waals surface area (Å²) in [6.07, 6.45) is 3.72. The minimum Gasteiger partial charge on any atom is -0.379 e. The van der Waals surface area contributed by atoms with Crippen LogP contribution in [0.1, 0.15) is 55.0 Å². The van der Waals surface area contributed by atoms with Crippen LogP contribution in [-0.2, 0) is 6.42 Å². The van der Waals surface area contributed by atoms with E-state index in [0.29, 0.717) is 6.04 Å². The maximum absolute atomic E-state index is 3.60. The van der Waals surface area contributed by atoms with Gasteiger partial charge < -0.3 is 5.32 Å². The van der Waals surface area contributed by atoms with Crippen LogP contribution in [0, 0.1) is 13.8 Å². The van der Waals surface area contributed by atoms with Gasteiger partial charge in [0.2, 0.25) is 0 Å². The predicted molar refractivity (Wildman–Crippen MR) is 93.0 cm³/mol. The molecule has 1 atom stereocenters. The standard InChI is InChI=1S/C20H27N/c1-5-6-7-18-8-10-19(11-9-18)17(4)21-20-13-15(2)12-16(3)14-20/h8-14,17,21H,5-7H2,1-4H3. The van der Waals surface area contributed by atoms with Crippen molar-refractivity contribution < 1.29 is 0 Å². The van der Waals surface area contributed by atoms with Crippen LogP contribution in [0.25, 0.3) is 0 Å². The average molecular weight is 281 g/mol. The third-order valence-electron chi connectivity index (χ3n) is 3.90. The highest BCUT2D eigenvalue weighted by atomic mass is 14.9. The summed E-state index contributed by atoms with van der Waals surface area (Å²) in [5, 5.41) is 3.60. The van der Waals surface area contributed by atoms with E-state index < -0.39 is 0 Å². The second-order valence-corrected chi connectivity index (χ2v) is 6.09. The van der Waals surface area contributed by atoms with E-state index in [1.165, 1.54) is 47.2 Å². The molecule has 0 saturated heterocycles.